The predicted molar refractivity (Wildman–Crippen MR) is 73.9 cm³/mol. The lowest BCUT2D eigenvalue weighted by molar-refractivity contribution is -0.0599. The summed E-state index contributed by atoms with van der Waals surface area (Å²) < 4.78 is 6.29. The minimum absolute atomic E-state index is 0.0781. The zero-order valence-corrected chi connectivity index (χ0v) is 12.3. The first-order valence-corrected chi connectivity index (χ1v) is 6.96. The highest BCUT2D eigenvalue weighted by Gasteiger charge is 2.38. The number of H-pyrrole nitrogens is 1. The summed E-state index contributed by atoms with van der Waals surface area (Å²) in [5.74, 6) is 1.41. The van der Waals surface area contributed by atoms with Crippen molar-refractivity contribution in [2.24, 2.45) is 5.92 Å². The monoisotopic (exact) mass is 348 g/mol. The molecular formula is C12H17IN2O2. The predicted octanol–water partition coefficient (Wildman–Crippen LogP) is 2.43. The molecular weight excluding hydrogens is 331 g/mol. The number of hydrogen-bond donors (Lipinski definition) is 1. The normalized spacial score (nSPS) is 29.2. The molecule has 94 valence electrons. The van der Waals surface area contributed by atoms with Crippen LogP contribution >= 0.6 is 22.6 Å². The van der Waals surface area contributed by atoms with Gasteiger partial charge in [-0.3, -0.25) is 4.79 Å². The molecule has 1 aromatic heterocycles. The summed E-state index contributed by atoms with van der Waals surface area (Å²) in [6, 6.07) is 0. The maximum absolute atomic E-state index is 11.6. The third kappa shape index (κ3) is 2.54. The fourth-order valence-electron chi connectivity index (χ4n) is 2.38. The fraction of sp³-hybridized carbons (Fsp3) is 0.667. The first kappa shape index (κ1) is 13.0. The number of halogens is 1. The molecule has 0 aliphatic heterocycles. The van der Waals surface area contributed by atoms with Crippen molar-refractivity contribution < 1.29 is 4.74 Å². The van der Waals surface area contributed by atoms with Crippen LogP contribution in [-0.4, -0.2) is 17.1 Å². The van der Waals surface area contributed by atoms with Gasteiger partial charge in [-0.15, -0.1) is 0 Å². The molecule has 0 radical (unpaired) electrons. The molecule has 0 bridgehead atoms. The van der Waals surface area contributed by atoms with Crippen LogP contribution < -0.4 is 5.56 Å². The van der Waals surface area contributed by atoms with E-state index in [4.69, 9.17) is 4.74 Å². The zero-order chi connectivity index (χ0) is 12.5. The van der Waals surface area contributed by atoms with Gasteiger partial charge in [-0.25, -0.2) is 4.98 Å². The van der Waals surface area contributed by atoms with Crippen LogP contribution in [0.2, 0.25) is 0 Å². The number of methoxy groups -OCH3 is 1. The Balaban J connectivity index is 2.34. The van der Waals surface area contributed by atoms with Gasteiger partial charge in [0.15, 0.2) is 0 Å². The third-order valence-electron chi connectivity index (χ3n) is 3.66. The van der Waals surface area contributed by atoms with E-state index >= 15 is 0 Å². The van der Waals surface area contributed by atoms with Crippen molar-refractivity contribution in [3.63, 3.8) is 0 Å². The highest BCUT2D eigenvalue weighted by Crippen LogP contribution is 2.40. The number of nitrogens with zero attached hydrogens (tertiary/aromatic N) is 1. The van der Waals surface area contributed by atoms with E-state index in [-0.39, 0.29) is 5.56 Å². The topological polar surface area (TPSA) is 55.0 Å². The number of rotatable bonds is 2. The summed E-state index contributed by atoms with van der Waals surface area (Å²) in [4.78, 5) is 18.8. The first-order chi connectivity index (χ1) is 8.07. The molecule has 0 atom stereocenters. The van der Waals surface area contributed by atoms with Crippen molar-refractivity contribution in [3.05, 3.63) is 25.9 Å². The Bertz CT molecular complexity index is 450. The molecule has 2 rings (SSSR count). The quantitative estimate of drug-likeness (QED) is 0.836. The summed E-state index contributed by atoms with van der Waals surface area (Å²) >= 11 is 1.98. The van der Waals surface area contributed by atoms with Crippen LogP contribution in [0.15, 0.2) is 11.0 Å². The Kier molecular flexibility index (Phi) is 3.87. The average Bonchev–Trinajstić information content (AvgIpc) is 2.34. The second-order valence-corrected chi connectivity index (χ2v) is 5.95. The van der Waals surface area contributed by atoms with Crippen molar-refractivity contribution in [2.45, 2.75) is 38.2 Å². The van der Waals surface area contributed by atoms with Gasteiger partial charge in [0.1, 0.15) is 11.4 Å². The number of ether oxygens (including phenoxy) is 1. The van der Waals surface area contributed by atoms with Gasteiger partial charge < -0.3 is 9.72 Å². The van der Waals surface area contributed by atoms with Gasteiger partial charge in [0.2, 0.25) is 0 Å². The largest absolute Gasteiger partial charge is 0.370 e. The van der Waals surface area contributed by atoms with Gasteiger partial charge in [-0.1, -0.05) is 6.92 Å². The van der Waals surface area contributed by atoms with E-state index < -0.39 is 5.60 Å². The lowest BCUT2D eigenvalue weighted by atomic mass is 9.79. The van der Waals surface area contributed by atoms with Crippen molar-refractivity contribution in [2.75, 3.05) is 7.11 Å². The Hall–Kier alpha value is -0.430. The van der Waals surface area contributed by atoms with E-state index in [9.17, 15) is 4.79 Å². The molecule has 0 amide bonds. The summed E-state index contributed by atoms with van der Waals surface area (Å²) in [7, 11) is 1.70. The second kappa shape index (κ2) is 5.06. The molecule has 1 fully saturated rings. The van der Waals surface area contributed by atoms with Crippen molar-refractivity contribution in [1.82, 2.24) is 9.97 Å². The molecule has 1 aliphatic rings. The second-order valence-electron chi connectivity index (χ2n) is 4.79. The molecule has 0 aromatic carbocycles. The Morgan fingerprint density at radius 2 is 2.18 bits per heavy atom. The van der Waals surface area contributed by atoms with Gasteiger partial charge in [0.05, 0.1) is 3.57 Å². The average molecular weight is 348 g/mol. The highest BCUT2D eigenvalue weighted by molar-refractivity contribution is 14.1. The number of nitrogens with one attached hydrogen (secondary N) is 1. The molecule has 0 spiro atoms. The highest BCUT2D eigenvalue weighted by atomic mass is 127. The van der Waals surface area contributed by atoms with E-state index in [2.05, 4.69) is 16.9 Å². The molecule has 1 saturated carbocycles. The number of aromatic amines is 1. The zero-order valence-electron chi connectivity index (χ0n) is 10.1. The molecule has 5 heteroatoms. The van der Waals surface area contributed by atoms with Crippen molar-refractivity contribution in [1.29, 1.82) is 0 Å². The van der Waals surface area contributed by atoms with Crippen LogP contribution in [0.1, 0.15) is 38.4 Å². The van der Waals surface area contributed by atoms with E-state index in [1.165, 1.54) is 0 Å². The van der Waals surface area contributed by atoms with Gasteiger partial charge in [0, 0.05) is 13.3 Å². The Morgan fingerprint density at radius 3 is 2.71 bits per heavy atom. The summed E-state index contributed by atoms with van der Waals surface area (Å²) in [5, 5.41) is 0. The van der Waals surface area contributed by atoms with Crippen LogP contribution in [0.3, 0.4) is 0 Å². The number of aromatic nitrogens is 2. The van der Waals surface area contributed by atoms with E-state index in [0.29, 0.717) is 9.39 Å². The lowest BCUT2D eigenvalue weighted by Crippen LogP contribution is -2.36. The maximum Gasteiger partial charge on any atom is 0.264 e. The SMILES string of the molecule is COC1(c2ncc(I)c(=O)[nH]2)CCC(C)CC1. The molecule has 17 heavy (non-hydrogen) atoms. The smallest absolute Gasteiger partial charge is 0.264 e. The minimum Gasteiger partial charge on any atom is -0.370 e. The standard InChI is InChI=1S/C12H17IN2O2/c1-8-3-5-12(17-2,6-4-8)11-14-7-9(13)10(16)15-11/h7-8H,3-6H2,1-2H3,(H,14,15,16). The van der Waals surface area contributed by atoms with E-state index in [0.717, 1.165) is 31.6 Å². The Labute approximate surface area is 114 Å². The van der Waals surface area contributed by atoms with E-state index in [1.54, 1.807) is 13.3 Å². The maximum atomic E-state index is 11.6. The van der Waals surface area contributed by atoms with Gasteiger partial charge in [-0.2, -0.15) is 0 Å². The van der Waals surface area contributed by atoms with Crippen LogP contribution in [-0.2, 0) is 10.3 Å². The molecule has 0 saturated heterocycles. The third-order valence-corrected chi connectivity index (χ3v) is 4.43. The molecule has 0 unspecified atom stereocenters. The van der Waals surface area contributed by atoms with E-state index in [1.807, 2.05) is 22.6 Å². The van der Waals surface area contributed by atoms with Crippen molar-refractivity contribution >= 4 is 22.6 Å². The molecule has 1 heterocycles. The van der Waals surface area contributed by atoms with Gasteiger partial charge in [0.25, 0.3) is 5.56 Å². The van der Waals surface area contributed by atoms with Gasteiger partial charge in [-0.05, 0) is 54.2 Å². The molecule has 1 aromatic rings. The molecule has 4 nitrogen and oxygen atoms in total. The lowest BCUT2D eigenvalue weighted by Gasteiger charge is -2.37. The molecule has 1 aliphatic carbocycles. The molecule has 1 N–H and O–H groups in total. The summed E-state index contributed by atoms with van der Waals surface area (Å²) in [5.41, 5.74) is -0.471. The van der Waals surface area contributed by atoms with Crippen LogP contribution in [0.4, 0.5) is 0 Å². The first-order valence-electron chi connectivity index (χ1n) is 5.88. The summed E-state index contributed by atoms with van der Waals surface area (Å²) in [6.45, 7) is 2.25. The fourth-order valence-corrected chi connectivity index (χ4v) is 2.65. The van der Waals surface area contributed by atoms with Crippen molar-refractivity contribution in [3.8, 4) is 0 Å². The summed E-state index contributed by atoms with van der Waals surface area (Å²) in [6.07, 6.45) is 5.70. The van der Waals surface area contributed by atoms with Crippen LogP contribution in [0.25, 0.3) is 0 Å². The van der Waals surface area contributed by atoms with Gasteiger partial charge >= 0.3 is 0 Å². The number of hydrogen-bond acceptors (Lipinski definition) is 3. The minimum atomic E-state index is -0.393. The van der Waals surface area contributed by atoms with Crippen LogP contribution in [0.5, 0.6) is 0 Å². The Morgan fingerprint density at radius 1 is 1.53 bits per heavy atom. The van der Waals surface area contributed by atoms with Crippen LogP contribution in [0, 0.1) is 9.49 Å².